The van der Waals surface area contributed by atoms with Crippen LogP contribution >= 0.6 is 0 Å². The summed E-state index contributed by atoms with van der Waals surface area (Å²) in [4.78, 5) is 2.16. The molecule has 0 aliphatic rings. The minimum absolute atomic E-state index is 0.282. The summed E-state index contributed by atoms with van der Waals surface area (Å²) in [5, 5.41) is 8.38. The summed E-state index contributed by atoms with van der Waals surface area (Å²) in [6.07, 6.45) is 1.62. The number of hydrogen-bond acceptors (Lipinski definition) is 3. The van der Waals surface area contributed by atoms with Crippen molar-refractivity contribution in [3.8, 4) is 6.07 Å². The Morgan fingerprint density at radius 2 is 2.00 bits per heavy atom. The second kappa shape index (κ2) is 6.88. The average Bonchev–Trinajstić information content (AvgIpc) is 2.10. The Kier molecular flexibility index (Phi) is 6.56. The van der Waals surface area contributed by atoms with E-state index in [1.807, 2.05) is 7.05 Å². The van der Waals surface area contributed by atoms with E-state index in [-0.39, 0.29) is 6.04 Å². The normalized spacial score (nSPS) is 13.3. The molecule has 0 bridgehead atoms. The third-order valence-electron chi connectivity index (χ3n) is 2.31. The largest absolute Gasteiger partial charge is 0.327 e. The Labute approximate surface area is 81.5 Å². The van der Waals surface area contributed by atoms with Crippen molar-refractivity contribution < 1.29 is 0 Å². The lowest BCUT2D eigenvalue weighted by Crippen LogP contribution is -2.32. The molecule has 0 saturated carbocycles. The Hall–Kier alpha value is -0.590. The molecule has 0 fully saturated rings. The third kappa shape index (κ3) is 6.56. The summed E-state index contributed by atoms with van der Waals surface area (Å²) >= 11 is 0. The highest BCUT2D eigenvalue weighted by Gasteiger charge is 2.08. The monoisotopic (exact) mass is 183 g/mol. The minimum atomic E-state index is 0.282. The number of nitriles is 1. The fraction of sp³-hybridized carbons (Fsp3) is 0.900. The van der Waals surface area contributed by atoms with Gasteiger partial charge in [0, 0.05) is 19.0 Å². The molecular formula is C10H21N3. The first kappa shape index (κ1) is 12.4. The van der Waals surface area contributed by atoms with E-state index in [1.165, 1.54) is 0 Å². The van der Waals surface area contributed by atoms with Crippen LogP contribution < -0.4 is 5.73 Å². The van der Waals surface area contributed by atoms with Gasteiger partial charge in [0.2, 0.25) is 0 Å². The second-order valence-electron chi connectivity index (χ2n) is 3.91. The van der Waals surface area contributed by atoms with Crippen molar-refractivity contribution in [1.29, 1.82) is 5.26 Å². The van der Waals surface area contributed by atoms with Crippen molar-refractivity contribution in [3.63, 3.8) is 0 Å². The van der Waals surface area contributed by atoms with E-state index in [9.17, 15) is 0 Å². The maximum absolute atomic E-state index is 8.38. The van der Waals surface area contributed by atoms with Crippen LogP contribution in [0.25, 0.3) is 0 Å². The van der Waals surface area contributed by atoms with E-state index in [0.717, 1.165) is 19.5 Å². The molecule has 0 amide bonds. The quantitative estimate of drug-likeness (QED) is 0.673. The van der Waals surface area contributed by atoms with Crippen LogP contribution in [-0.4, -0.2) is 31.1 Å². The van der Waals surface area contributed by atoms with Gasteiger partial charge in [-0.1, -0.05) is 13.8 Å². The predicted molar refractivity (Wildman–Crippen MR) is 55.2 cm³/mol. The first-order chi connectivity index (χ1) is 6.07. The van der Waals surface area contributed by atoms with E-state index >= 15 is 0 Å². The maximum atomic E-state index is 8.38. The zero-order valence-electron chi connectivity index (χ0n) is 8.95. The van der Waals surface area contributed by atoms with E-state index in [0.29, 0.717) is 12.3 Å². The zero-order chi connectivity index (χ0) is 10.3. The van der Waals surface area contributed by atoms with Gasteiger partial charge in [-0.3, -0.25) is 0 Å². The summed E-state index contributed by atoms with van der Waals surface area (Å²) in [6, 6.07) is 2.42. The Morgan fingerprint density at radius 3 is 2.46 bits per heavy atom. The Balaban J connectivity index is 3.47. The van der Waals surface area contributed by atoms with Gasteiger partial charge < -0.3 is 10.6 Å². The average molecular weight is 183 g/mol. The molecule has 1 unspecified atom stereocenters. The second-order valence-corrected chi connectivity index (χ2v) is 3.91. The van der Waals surface area contributed by atoms with Crippen LogP contribution in [0.3, 0.4) is 0 Å². The van der Waals surface area contributed by atoms with Crippen molar-refractivity contribution in [2.24, 2.45) is 11.7 Å². The zero-order valence-corrected chi connectivity index (χ0v) is 8.95. The predicted octanol–water partition coefficient (Wildman–Crippen LogP) is 1.21. The van der Waals surface area contributed by atoms with Gasteiger partial charge in [-0.2, -0.15) is 5.26 Å². The lowest BCUT2D eigenvalue weighted by atomic mass is 10.0. The number of nitrogens with two attached hydrogens (primary N) is 1. The summed E-state index contributed by atoms with van der Waals surface area (Å²) in [7, 11) is 2.03. The van der Waals surface area contributed by atoms with Crippen molar-refractivity contribution in [2.75, 3.05) is 20.1 Å². The first-order valence-corrected chi connectivity index (χ1v) is 4.89. The lowest BCUT2D eigenvalue weighted by Gasteiger charge is -2.20. The van der Waals surface area contributed by atoms with Crippen LogP contribution in [0, 0.1) is 17.2 Å². The van der Waals surface area contributed by atoms with Gasteiger partial charge in [-0.05, 0) is 25.9 Å². The summed E-state index contributed by atoms with van der Waals surface area (Å²) in [6.45, 7) is 6.11. The van der Waals surface area contributed by atoms with Gasteiger partial charge in [0.05, 0.1) is 6.07 Å². The molecule has 0 aliphatic heterocycles. The fourth-order valence-corrected chi connectivity index (χ4v) is 1.06. The molecule has 13 heavy (non-hydrogen) atoms. The van der Waals surface area contributed by atoms with Gasteiger partial charge in [-0.25, -0.2) is 0 Å². The van der Waals surface area contributed by atoms with Crippen molar-refractivity contribution in [3.05, 3.63) is 0 Å². The lowest BCUT2D eigenvalue weighted by molar-refractivity contribution is 0.308. The van der Waals surface area contributed by atoms with Crippen LogP contribution in [0.5, 0.6) is 0 Å². The van der Waals surface area contributed by atoms with Crippen LogP contribution in [0.4, 0.5) is 0 Å². The molecular weight excluding hydrogens is 162 g/mol. The van der Waals surface area contributed by atoms with Gasteiger partial charge in [0.1, 0.15) is 0 Å². The van der Waals surface area contributed by atoms with Crippen LogP contribution in [0.15, 0.2) is 0 Å². The van der Waals surface area contributed by atoms with Crippen molar-refractivity contribution >= 4 is 0 Å². The van der Waals surface area contributed by atoms with Crippen LogP contribution in [-0.2, 0) is 0 Å². The Morgan fingerprint density at radius 1 is 1.38 bits per heavy atom. The summed E-state index contributed by atoms with van der Waals surface area (Å²) < 4.78 is 0. The Bertz CT molecular complexity index is 160. The molecule has 3 nitrogen and oxygen atoms in total. The van der Waals surface area contributed by atoms with Gasteiger partial charge >= 0.3 is 0 Å². The van der Waals surface area contributed by atoms with Gasteiger partial charge in [-0.15, -0.1) is 0 Å². The van der Waals surface area contributed by atoms with Gasteiger partial charge in [0.25, 0.3) is 0 Å². The van der Waals surface area contributed by atoms with Crippen LogP contribution in [0.2, 0.25) is 0 Å². The van der Waals surface area contributed by atoms with E-state index in [1.54, 1.807) is 0 Å². The first-order valence-electron chi connectivity index (χ1n) is 4.89. The molecule has 0 heterocycles. The molecule has 0 radical (unpaired) electrons. The highest BCUT2D eigenvalue weighted by molar-refractivity contribution is 4.72. The molecule has 76 valence electrons. The molecule has 0 aromatic heterocycles. The van der Waals surface area contributed by atoms with E-state index < -0.39 is 0 Å². The third-order valence-corrected chi connectivity index (χ3v) is 2.31. The highest BCUT2D eigenvalue weighted by atomic mass is 15.1. The van der Waals surface area contributed by atoms with E-state index in [2.05, 4.69) is 24.8 Å². The molecule has 0 aromatic rings. The molecule has 2 N–H and O–H groups in total. The molecule has 3 heteroatoms. The highest BCUT2D eigenvalue weighted by Crippen LogP contribution is 2.03. The topological polar surface area (TPSA) is 53.0 Å². The fourth-order valence-electron chi connectivity index (χ4n) is 1.06. The standard InChI is InChI=1S/C10H21N3/c1-9(2)10(12)5-8-13(3)7-4-6-11/h9-10H,4-5,7-8,12H2,1-3H3. The van der Waals surface area contributed by atoms with Gasteiger partial charge in [0.15, 0.2) is 0 Å². The molecule has 0 rings (SSSR count). The number of rotatable bonds is 6. The van der Waals surface area contributed by atoms with Crippen LogP contribution in [0.1, 0.15) is 26.7 Å². The summed E-state index contributed by atoms with van der Waals surface area (Å²) in [5.74, 6) is 0.546. The number of nitrogens with zero attached hydrogens (tertiary/aromatic N) is 2. The van der Waals surface area contributed by atoms with Crippen molar-refractivity contribution in [1.82, 2.24) is 4.90 Å². The molecule has 0 spiro atoms. The maximum Gasteiger partial charge on any atom is 0.0635 e. The minimum Gasteiger partial charge on any atom is -0.327 e. The smallest absolute Gasteiger partial charge is 0.0635 e. The molecule has 1 atom stereocenters. The number of hydrogen-bond donors (Lipinski definition) is 1. The van der Waals surface area contributed by atoms with Crippen molar-refractivity contribution in [2.45, 2.75) is 32.7 Å². The molecule has 0 saturated heterocycles. The van der Waals surface area contributed by atoms with E-state index in [4.69, 9.17) is 11.0 Å². The summed E-state index contributed by atoms with van der Waals surface area (Å²) in [5.41, 5.74) is 5.90. The molecule has 0 aliphatic carbocycles. The molecule has 0 aromatic carbocycles. The SMILES string of the molecule is CC(C)C(N)CCN(C)CCC#N.